The predicted octanol–water partition coefficient (Wildman–Crippen LogP) is -4.69. The molecule has 2 rings (SSSR count). The molecular weight excluding hydrogens is 476 g/mol. The van der Waals surface area contributed by atoms with Gasteiger partial charge in [-0.05, 0) is 0 Å². The Labute approximate surface area is 202 Å². The Morgan fingerprint density at radius 2 is 1.17 bits per heavy atom. The molecule has 2 heterocycles. The fraction of sp³-hybridized carbons (Fsp3) is 0.905. The second-order valence-corrected chi connectivity index (χ2v) is 7.86. The van der Waals surface area contributed by atoms with E-state index in [9.17, 15) is 35.7 Å². The van der Waals surface area contributed by atoms with Gasteiger partial charge < -0.3 is 68.9 Å². The summed E-state index contributed by atoms with van der Waals surface area (Å²) in [5, 5.41) is 69.8. The van der Waals surface area contributed by atoms with Crippen LogP contribution in [0.5, 0.6) is 0 Å². The number of aliphatic hydroxyl groups is 7. The number of ether oxygens (including phenoxy) is 7. The summed E-state index contributed by atoms with van der Waals surface area (Å²) < 4.78 is 37.3. The molecular formula is C21H36O14. The molecule has 0 saturated carbocycles. The Bertz CT molecular complexity index is 613. The molecule has 35 heavy (non-hydrogen) atoms. The van der Waals surface area contributed by atoms with E-state index in [0.29, 0.717) is 19.8 Å². The van der Waals surface area contributed by atoms with Crippen LogP contribution in [-0.4, -0.2) is 157 Å². The zero-order valence-corrected chi connectivity index (χ0v) is 19.2. The molecule has 0 spiro atoms. The van der Waals surface area contributed by atoms with Crippen LogP contribution in [0.15, 0.2) is 0 Å². The average Bonchev–Trinajstić information content (AvgIpc) is 2.86. The first kappa shape index (κ1) is 30.2. The molecule has 0 unspecified atom stereocenters. The van der Waals surface area contributed by atoms with Gasteiger partial charge in [0.15, 0.2) is 12.6 Å². The highest BCUT2D eigenvalue weighted by Crippen LogP contribution is 2.29. The first-order chi connectivity index (χ1) is 16.8. The molecule has 204 valence electrons. The number of rotatable bonds is 15. The van der Waals surface area contributed by atoms with Crippen molar-refractivity contribution in [3.63, 3.8) is 0 Å². The van der Waals surface area contributed by atoms with Crippen molar-refractivity contribution in [1.29, 1.82) is 0 Å². The van der Waals surface area contributed by atoms with Crippen LogP contribution in [0.2, 0.25) is 0 Å². The van der Waals surface area contributed by atoms with Crippen molar-refractivity contribution in [2.24, 2.45) is 0 Å². The highest BCUT2D eigenvalue weighted by atomic mass is 16.7. The van der Waals surface area contributed by atoms with Crippen molar-refractivity contribution < 1.29 is 68.9 Å². The lowest BCUT2D eigenvalue weighted by molar-refractivity contribution is -0.359. The molecule has 14 heteroatoms. The summed E-state index contributed by atoms with van der Waals surface area (Å²) in [6.45, 7) is 0.378. The Hall–Kier alpha value is -1.00. The summed E-state index contributed by atoms with van der Waals surface area (Å²) in [6.07, 6.45) is -9.95. The largest absolute Gasteiger partial charge is 0.394 e. The number of terminal acetylenes is 1. The second-order valence-electron chi connectivity index (χ2n) is 7.86. The second kappa shape index (κ2) is 16.0. The Morgan fingerprint density at radius 3 is 1.77 bits per heavy atom. The van der Waals surface area contributed by atoms with Gasteiger partial charge in [-0.3, -0.25) is 0 Å². The van der Waals surface area contributed by atoms with Crippen LogP contribution in [0, 0.1) is 12.3 Å². The zero-order chi connectivity index (χ0) is 25.8. The molecule has 2 aliphatic heterocycles. The van der Waals surface area contributed by atoms with Crippen molar-refractivity contribution in [3.8, 4) is 12.3 Å². The quantitative estimate of drug-likeness (QED) is 0.0813. The van der Waals surface area contributed by atoms with Gasteiger partial charge in [-0.25, -0.2) is 0 Å². The molecule has 2 fully saturated rings. The van der Waals surface area contributed by atoms with Crippen LogP contribution < -0.4 is 0 Å². The van der Waals surface area contributed by atoms with Gasteiger partial charge in [0.1, 0.15) is 55.4 Å². The maximum atomic E-state index is 10.5. The van der Waals surface area contributed by atoms with E-state index in [0.717, 1.165) is 0 Å². The van der Waals surface area contributed by atoms with E-state index >= 15 is 0 Å². The maximum absolute atomic E-state index is 10.5. The van der Waals surface area contributed by atoms with Crippen molar-refractivity contribution in [3.05, 3.63) is 0 Å². The molecule has 14 nitrogen and oxygen atoms in total. The van der Waals surface area contributed by atoms with Gasteiger partial charge in [0, 0.05) is 0 Å². The monoisotopic (exact) mass is 512 g/mol. The molecule has 2 aliphatic rings. The maximum Gasteiger partial charge on any atom is 0.187 e. The number of hydrogen-bond acceptors (Lipinski definition) is 14. The first-order valence-corrected chi connectivity index (χ1v) is 11.2. The summed E-state index contributed by atoms with van der Waals surface area (Å²) in [6, 6.07) is 0. The highest BCUT2D eigenvalue weighted by molar-refractivity contribution is 4.94. The summed E-state index contributed by atoms with van der Waals surface area (Å²) in [5.41, 5.74) is 0. The van der Waals surface area contributed by atoms with Crippen LogP contribution in [0.1, 0.15) is 0 Å². The van der Waals surface area contributed by atoms with Gasteiger partial charge in [0.25, 0.3) is 0 Å². The van der Waals surface area contributed by atoms with Crippen molar-refractivity contribution in [2.75, 3.05) is 59.5 Å². The van der Waals surface area contributed by atoms with Gasteiger partial charge in [0.05, 0.1) is 52.9 Å². The van der Waals surface area contributed by atoms with Gasteiger partial charge >= 0.3 is 0 Å². The average molecular weight is 513 g/mol. The number of aliphatic hydroxyl groups excluding tert-OH is 7. The summed E-state index contributed by atoms with van der Waals surface area (Å²) in [4.78, 5) is 0. The molecule has 10 atom stereocenters. The van der Waals surface area contributed by atoms with Crippen LogP contribution in [0.25, 0.3) is 0 Å². The Kier molecular flexibility index (Phi) is 13.8. The van der Waals surface area contributed by atoms with E-state index in [-0.39, 0.29) is 26.4 Å². The van der Waals surface area contributed by atoms with E-state index in [1.54, 1.807) is 0 Å². The molecule has 0 aromatic carbocycles. The lowest BCUT2D eigenvalue weighted by Crippen LogP contribution is -2.64. The fourth-order valence-corrected chi connectivity index (χ4v) is 3.49. The van der Waals surface area contributed by atoms with E-state index in [2.05, 4.69) is 5.92 Å². The van der Waals surface area contributed by atoms with E-state index < -0.39 is 74.6 Å². The van der Waals surface area contributed by atoms with Crippen molar-refractivity contribution in [2.45, 2.75) is 61.4 Å². The molecule has 2 saturated heterocycles. The predicted molar refractivity (Wildman–Crippen MR) is 114 cm³/mol. The zero-order valence-electron chi connectivity index (χ0n) is 19.2. The highest BCUT2D eigenvalue weighted by Gasteiger charge is 2.50. The molecule has 0 aromatic heterocycles. The van der Waals surface area contributed by atoms with Crippen LogP contribution in [0.4, 0.5) is 0 Å². The first-order valence-electron chi connectivity index (χ1n) is 11.2. The molecule has 0 bridgehead atoms. The minimum Gasteiger partial charge on any atom is -0.394 e. The van der Waals surface area contributed by atoms with Crippen molar-refractivity contribution in [1.82, 2.24) is 0 Å². The smallest absolute Gasteiger partial charge is 0.187 e. The normalized spacial score (nSPS) is 37.8. The lowest BCUT2D eigenvalue weighted by atomic mass is 9.97. The third-order valence-electron chi connectivity index (χ3n) is 5.40. The third-order valence-corrected chi connectivity index (χ3v) is 5.40. The fourth-order valence-electron chi connectivity index (χ4n) is 3.49. The number of hydrogen-bond donors (Lipinski definition) is 7. The Morgan fingerprint density at radius 1 is 0.629 bits per heavy atom. The topological polar surface area (TPSA) is 206 Å². The van der Waals surface area contributed by atoms with Gasteiger partial charge in [-0.2, -0.15) is 0 Å². The van der Waals surface area contributed by atoms with Gasteiger partial charge in [0.2, 0.25) is 0 Å². The molecule has 0 aromatic rings. The Balaban J connectivity index is 1.75. The van der Waals surface area contributed by atoms with Crippen LogP contribution in [-0.2, 0) is 33.2 Å². The van der Waals surface area contributed by atoms with E-state index in [4.69, 9.17) is 39.6 Å². The van der Waals surface area contributed by atoms with Gasteiger partial charge in [-0.1, -0.05) is 5.92 Å². The minimum absolute atomic E-state index is 0.00386. The third kappa shape index (κ3) is 8.81. The molecule has 7 N–H and O–H groups in total. The van der Waals surface area contributed by atoms with Crippen LogP contribution in [0.3, 0.4) is 0 Å². The molecule has 0 aliphatic carbocycles. The van der Waals surface area contributed by atoms with E-state index in [1.165, 1.54) is 0 Å². The summed E-state index contributed by atoms with van der Waals surface area (Å²) >= 11 is 0. The minimum atomic E-state index is -1.73. The van der Waals surface area contributed by atoms with E-state index in [1.807, 2.05) is 0 Å². The molecule has 0 amide bonds. The SMILES string of the molecule is C#CCOCCOCCOCCO[C@@H]1O[C@H](CO)[C@@H](O[C@@H]2O[C@H](CO)[C@H](O)[C@H](O)[C@H]2O)[C@H](O)[C@H]1O. The summed E-state index contributed by atoms with van der Waals surface area (Å²) in [7, 11) is 0. The van der Waals surface area contributed by atoms with Crippen LogP contribution >= 0.6 is 0 Å². The summed E-state index contributed by atoms with van der Waals surface area (Å²) in [5.74, 6) is 2.34. The van der Waals surface area contributed by atoms with Gasteiger partial charge in [-0.15, -0.1) is 6.42 Å². The van der Waals surface area contributed by atoms with Crippen molar-refractivity contribution >= 4 is 0 Å². The standard InChI is InChI=1S/C21H36O14/c1-2-3-29-4-5-30-6-7-31-8-9-32-20-18(28)16(26)19(13(11-23)34-20)35-21-17(27)15(25)14(24)12(10-22)33-21/h1,12-28H,3-11H2/t12-,13-,14+,15+,16-,17-,18-,19-,20-,21+/m1/s1. The lowest BCUT2D eigenvalue weighted by Gasteiger charge is -2.45. The molecule has 0 radical (unpaired) electrons.